The maximum atomic E-state index is 5.80. The van der Waals surface area contributed by atoms with E-state index in [0.717, 1.165) is 12.5 Å². The molecule has 78 valence electrons. The molecule has 3 nitrogen and oxygen atoms in total. The summed E-state index contributed by atoms with van der Waals surface area (Å²) in [5.41, 5.74) is 5.80. The topological polar surface area (TPSA) is 43.8 Å². The van der Waals surface area contributed by atoms with Gasteiger partial charge in [0.15, 0.2) is 0 Å². The molecular weight excluding hydrogens is 174 g/mol. The number of aromatic nitrogens is 2. The van der Waals surface area contributed by atoms with Crippen molar-refractivity contribution in [3.05, 3.63) is 18.5 Å². The fourth-order valence-corrected chi connectivity index (χ4v) is 2.49. The summed E-state index contributed by atoms with van der Waals surface area (Å²) in [6.07, 6.45) is 7.71. The van der Waals surface area contributed by atoms with E-state index in [1.165, 1.54) is 19.3 Å². The molecule has 3 heteroatoms. The van der Waals surface area contributed by atoms with Gasteiger partial charge in [-0.2, -0.15) is 5.10 Å². The Morgan fingerprint density at radius 3 is 3.00 bits per heavy atom. The summed E-state index contributed by atoms with van der Waals surface area (Å²) in [4.78, 5) is 0. The molecule has 1 aromatic heterocycles. The lowest BCUT2D eigenvalue weighted by Gasteiger charge is -2.34. The third-order valence-corrected chi connectivity index (χ3v) is 3.39. The van der Waals surface area contributed by atoms with Gasteiger partial charge < -0.3 is 5.73 Å². The third-order valence-electron chi connectivity index (χ3n) is 3.39. The molecule has 1 heterocycles. The van der Waals surface area contributed by atoms with Crippen LogP contribution in [0.4, 0.5) is 0 Å². The normalized spacial score (nSPS) is 33.1. The highest BCUT2D eigenvalue weighted by atomic mass is 15.3. The fourth-order valence-electron chi connectivity index (χ4n) is 2.49. The third kappa shape index (κ3) is 1.82. The number of nitrogens with zero attached hydrogens (tertiary/aromatic N) is 2. The molecule has 0 bridgehead atoms. The van der Waals surface area contributed by atoms with Crippen LogP contribution in [-0.2, 0) is 0 Å². The molecule has 2 rings (SSSR count). The highest BCUT2D eigenvalue weighted by Gasteiger charge is 2.28. The summed E-state index contributed by atoms with van der Waals surface area (Å²) < 4.78 is 2.09. The summed E-state index contributed by atoms with van der Waals surface area (Å²) in [6, 6.07) is 2.52. The molecule has 1 aliphatic carbocycles. The second kappa shape index (κ2) is 4.13. The second-order valence-electron chi connectivity index (χ2n) is 4.47. The molecule has 1 saturated carbocycles. The standard InChI is InChI=1S/C11H19N3/c1-9-3-4-10(8-12)11(7-9)14-6-2-5-13-14/h2,5-6,9-11H,3-4,7-8,12H2,1H3. The first-order valence-corrected chi connectivity index (χ1v) is 5.50. The van der Waals surface area contributed by atoms with E-state index >= 15 is 0 Å². The van der Waals surface area contributed by atoms with Gasteiger partial charge in [-0.25, -0.2) is 0 Å². The van der Waals surface area contributed by atoms with Gasteiger partial charge in [0.05, 0.1) is 6.04 Å². The highest BCUT2D eigenvalue weighted by Crippen LogP contribution is 2.35. The SMILES string of the molecule is CC1CCC(CN)C(n2cccn2)C1. The molecular formula is C11H19N3. The average Bonchev–Trinajstić information content (AvgIpc) is 2.70. The molecule has 1 aliphatic rings. The maximum absolute atomic E-state index is 5.80. The van der Waals surface area contributed by atoms with Crippen molar-refractivity contribution in [1.82, 2.24) is 9.78 Å². The van der Waals surface area contributed by atoms with Gasteiger partial charge in [-0.05, 0) is 37.3 Å². The number of rotatable bonds is 2. The lowest BCUT2D eigenvalue weighted by atomic mass is 9.79. The van der Waals surface area contributed by atoms with E-state index in [4.69, 9.17) is 5.73 Å². The van der Waals surface area contributed by atoms with Gasteiger partial charge in [-0.3, -0.25) is 4.68 Å². The van der Waals surface area contributed by atoms with Crippen LogP contribution in [0.3, 0.4) is 0 Å². The summed E-state index contributed by atoms with van der Waals surface area (Å²) >= 11 is 0. The molecule has 2 N–H and O–H groups in total. The van der Waals surface area contributed by atoms with Crippen LogP contribution in [0.25, 0.3) is 0 Å². The number of hydrogen-bond donors (Lipinski definition) is 1. The van der Waals surface area contributed by atoms with Crippen molar-refractivity contribution >= 4 is 0 Å². The van der Waals surface area contributed by atoms with E-state index < -0.39 is 0 Å². The molecule has 0 spiro atoms. The van der Waals surface area contributed by atoms with Crippen molar-refractivity contribution in [1.29, 1.82) is 0 Å². The van der Waals surface area contributed by atoms with Gasteiger partial charge in [0.1, 0.15) is 0 Å². The van der Waals surface area contributed by atoms with Gasteiger partial charge in [-0.15, -0.1) is 0 Å². The summed E-state index contributed by atoms with van der Waals surface area (Å²) in [6.45, 7) is 3.11. The minimum Gasteiger partial charge on any atom is -0.330 e. The summed E-state index contributed by atoms with van der Waals surface area (Å²) in [5.74, 6) is 1.43. The first-order valence-electron chi connectivity index (χ1n) is 5.50. The second-order valence-corrected chi connectivity index (χ2v) is 4.47. The van der Waals surface area contributed by atoms with Crippen molar-refractivity contribution in [2.75, 3.05) is 6.54 Å². The number of hydrogen-bond acceptors (Lipinski definition) is 2. The minimum atomic E-state index is 0.527. The van der Waals surface area contributed by atoms with Crippen LogP contribution >= 0.6 is 0 Å². The van der Waals surface area contributed by atoms with E-state index in [1.807, 2.05) is 12.3 Å². The Bertz CT molecular complexity index is 268. The van der Waals surface area contributed by atoms with E-state index in [2.05, 4.69) is 22.9 Å². The smallest absolute Gasteiger partial charge is 0.0561 e. The van der Waals surface area contributed by atoms with Crippen LogP contribution in [0.2, 0.25) is 0 Å². The lowest BCUT2D eigenvalue weighted by Crippen LogP contribution is -2.32. The first kappa shape index (κ1) is 9.71. The van der Waals surface area contributed by atoms with Crippen LogP contribution in [0.1, 0.15) is 32.2 Å². The molecule has 0 aliphatic heterocycles. The van der Waals surface area contributed by atoms with E-state index in [1.54, 1.807) is 0 Å². The Kier molecular flexibility index (Phi) is 2.87. The Morgan fingerprint density at radius 2 is 2.36 bits per heavy atom. The van der Waals surface area contributed by atoms with Crippen LogP contribution in [0.15, 0.2) is 18.5 Å². The highest BCUT2D eigenvalue weighted by molar-refractivity contribution is 4.88. The Balaban J connectivity index is 2.13. The van der Waals surface area contributed by atoms with Gasteiger partial charge >= 0.3 is 0 Å². The van der Waals surface area contributed by atoms with Crippen LogP contribution in [0.5, 0.6) is 0 Å². The molecule has 1 aromatic rings. The van der Waals surface area contributed by atoms with Gasteiger partial charge in [-0.1, -0.05) is 13.3 Å². The van der Waals surface area contributed by atoms with Crippen molar-refractivity contribution in [3.63, 3.8) is 0 Å². The summed E-state index contributed by atoms with van der Waals surface area (Å²) in [5, 5.41) is 4.33. The zero-order chi connectivity index (χ0) is 9.97. The first-order chi connectivity index (χ1) is 6.81. The molecule has 14 heavy (non-hydrogen) atoms. The maximum Gasteiger partial charge on any atom is 0.0561 e. The minimum absolute atomic E-state index is 0.527. The molecule has 0 saturated heterocycles. The van der Waals surface area contributed by atoms with Crippen molar-refractivity contribution in [2.24, 2.45) is 17.6 Å². The number of nitrogens with two attached hydrogens (primary N) is 1. The predicted molar refractivity (Wildman–Crippen MR) is 56.8 cm³/mol. The lowest BCUT2D eigenvalue weighted by molar-refractivity contribution is 0.185. The largest absolute Gasteiger partial charge is 0.330 e. The monoisotopic (exact) mass is 193 g/mol. The zero-order valence-corrected chi connectivity index (χ0v) is 8.76. The predicted octanol–water partition coefficient (Wildman–Crippen LogP) is 1.82. The fraction of sp³-hybridized carbons (Fsp3) is 0.727. The molecule has 1 fully saturated rings. The Hall–Kier alpha value is -0.830. The van der Waals surface area contributed by atoms with Crippen molar-refractivity contribution in [2.45, 2.75) is 32.2 Å². The van der Waals surface area contributed by atoms with Gasteiger partial charge in [0, 0.05) is 12.4 Å². The van der Waals surface area contributed by atoms with Crippen molar-refractivity contribution in [3.8, 4) is 0 Å². The Labute approximate surface area is 85.3 Å². The molecule has 3 unspecified atom stereocenters. The van der Waals surface area contributed by atoms with Crippen LogP contribution in [-0.4, -0.2) is 16.3 Å². The zero-order valence-electron chi connectivity index (χ0n) is 8.76. The van der Waals surface area contributed by atoms with Gasteiger partial charge in [0.2, 0.25) is 0 Å². The van der Waals surface area contributed by atoms with Crippen LogP contribution < -0.4 is 5.73 Å². The average molecular weight is 193 g/mol. The molecule has 0 radical (unpaired) electrons. The molecule has 0 aromatic carbocycles. The van der Waals surface area contributed by atoms with Crippen LogP contribution in [0, 0.1) is 11.8 Å². The van der Waals surface area contributed by atoms with E-state index in [9.17, 15) is 0 Å². The van der Waals surface area contributed by atoms with Gasteiger partial charge in [0.25, 0.3) is 0 Å². The van der Waals surface area contributed by atoms with E-state index in [0.29, 0.717) is 12.0 Å². The van der Waals surface area contributed by atoms with Crippen molar-refractivity contribution < 1.29 is 0 Å². The Morgan fingerprint density at radius 1 is 1.50 bits per heavy atom. The molecule has 3 atom stereocenters. The molecule has 0 amide bonds. The quantitative estimate of drug-likeness (QED) is 0.778. The van der Waals surface area contributed by atoms with E-state index in [-0.39, 0.29) is 0 Å². The summed E-state index contributed by atoms with van der Waals surface area (Å²) in [7, 11) is 0.